The Morgan fingerprint density at radius 3 is 2.29 bits per heavy atom. The maximum Gasteiger partial charge on any atom is 0.347 e. The fourth-order valence-corrected chi connectivity index (χ4v) is 9.63. The zero-order valence-electron chi connectivity index (χ0n) is 34.6. The van der Waals surface area contributed by atoms with Crippen molar-refractivity contribution >= 4 is 28.5 Å². The number of imide groups is 1. The number of carbonyl (C=O) groups is 2. The summed E-state index contributed by atoms with van der Waals surface area (Å²) in [5.74, 6) is -1.30. The van der Waals surface area contributed by atoms with Crippen molar-refractivity contribution in [3.8, 4) is 17.2 Å². The van der Waals surface area contributed by atoms with E-state index in [1.165, 1.54) is 28.2 Å². The predicted molar refractivity (Wildman–Crippen MR) is 229 cm³/mol. The van der Waals surface area contributed by atoms with Crippen LogP contribution in [0.1, 0.15) is 40.8 Å². The fourth-order valence-electron chi connectivity index (χ4n) is 9.63. The number of allylic oxidation sites excluding steroid dienone is 2. The lowest BCUT2D eigenvalue weighted by molar-refractivity contribution is -0.138. The van der Waals surface area contributed by atoms with E-state index in [9.17, 15) is 24.3 Å². The van der Waals surface area contributed by atoms with Crippen LogP contribution >= 0.6 is 0 Å². The van der Waals surface area contributed by atoms with Gasteiger partial charge in [-0.05, 0) is 54.3 Å². The first-order valence-corrected chi connectivity index (χ1v) is 20.4. The molecule has 9 rings (SSSR count). The standard InChI is InChI=1S/C46H45N7O9/c1-27-10-14-30(15-11-27)48-52-41(55)33-24-36-32(40(28-12-16-31(17-13-28)62-23-22-54)46(33,43(52)57)29-8-6-5-7-9-29)18-21-51-44(58)50(45(59)53(36)51)20-19-34-42(56)49(2)37-26-39(61-4)38(60-3)25-35(37)47-34/h5-18,25-26,33,36,40,48,54H,19-24H2,1-4H3. The lowest BCUT2D eigenvalue weighted by Crippen LogP contribution is -2.53. The molecule has 62 heavy (non-hydrogen) atoms. The van der Waals surface area contributed by atoms with Gasteiger partial charge in [0, 0.05) is 38.1 Å². The van der Waals surface area contributed by atoms with E-state index in [1.807, 2.05) is 67.6 Å². The van der Waals surface area contributed by atoms with Gasteiger partial charge in [-0.15, -0.1) is 0 Å². The number of methoxy groups -OCH3 is 2. The third-order valence-corrected chi connectivity index (χ3v) is 12.5. The molecule has 6 aromatic rings. The highest BCUT2D eigenvalue weighted by molar-refractivity contribution is 6.12. The number of anilines is 1. The van der Waals surface area contributed by atoms with E-state index in [0.29, 0.717) is 50.7 Å². The van der Waals surface area contributed by atoms with Gasteiger partial charge in [-0.1, -0.05) is 66.2 Å². The molecule has 2 fully saturated rings. The van der Waals surface area contributed by atoms with Crippen molar-refractivity contribution in [2.75, 3.05) is 32.9 Å². The Bertz CT molecular complexity index is 2950. The minimum atomic E-state index is -1.46. The normalized spacial score (nSPS) is 20.4. The number of amides is 2. The lowest BCUT2D eigenvalue weighted by atomic mass is 9.53. The molecule has 0 radical (unpaired) electrons. The smallest absolute Gasteiger partial charge is 0.347 e. The number of nitrogens with zero attached hydrogens (tertiary/aromatic N) is 6. The molecular formula is C46H45N7O9. The number of hydrazine groups is 1. The quantitative estimate of drug-likeness (QED) is 0.136. The second kappa shape index (κ2) is 15.7. The Balaban J connectivity index is 1.15. The molecule has 2 aliphatic heterocycles. The summed E-state index contributed by atoms with van der Waals surface area (Å²) in [6, 6.07) is 26.4. The number of ether oxygens (including phenoxy) is 3. The van der Waals surface area contributed by atoms with Crippen LogP contribution in [0.5, 0.6) is 17.2 Å². The van der Waals surface area contributed by atoms with E-state index in [4.69, 9.17) is 14.2 Å². The number of nitrogens with one attached hydrogen (secondary N) is 1. The Hall–Kier alpha value is -7.20. The van der Waals surface area contributed by atoms with E-state index in [2.05, 4.69) is 10.4 Å². The lowest BCUT2D eigenvalue weighted by Gasteiger charge is -2.49. The zero-order valence-corrected chi connectivity index (χ0v) is 34.6. The molecule has 3 aliphatic rings. The summed E-state index contributed by atoms with van der Waals surface area (Å²) in [5, 5.41) is 10.5. The third kappa shape index (κ3) is 6.23. The van der Waals surface area contributed by atoms with Crippen LogP contribution in [-0.2, 0) is 41.6 Å². The van der Waals surface area contributed by atoms with Gasteiger partial charge in [0.25, 0.3) is 17.4 Å². The minimum Gasteiger partial charge on any atom is -0.493 e. The molecule has 2 N–H and O–H groups in total. The van der Waals surface area contributed by atoms with Gasteiger partial charge in [-0.2, -0.15) is 5.01 Å². The number of aliphatic hydroxyl groups excluding tert-OH is 1. The van der Waals surface area contributed by atoms with Gasteiger partial charge in [0.15, 0.2) is 11.5 Å². The second-order valence-electron chi connectivity index (χ2n) is 15.8. The molecule has 318 valence electrons. The van der Waals surface area contributed by atoms with Gasteiger partial charge in [-0.25, -0.2) is 28.5 Å². The monoisotopic (exact) mass is 839 g/mol. The van der Waals surface area contributed by atoms with Crippen LogP contribution in [0.15, 0.2) is 117 Å². The Kier molecular flexibility index (Phi) is 10.2. The number of benzene rings is 4. The molecule has 4 unspecified atom stereocenters. The highest BCUT2D eigenvalue weighted by atomic mass is 16.5. The summed E-state index contributed by atoms with van der Waals surface area (Å²) in [4.78, 5) is 77.4. The number of aliphatic hydroxyl groups is 1. The SMILES string of the molecule is COc1cc2nc(CCn3c(=O)n4n(c3=O)C3CC5C(=O)N(Nc6ccc(C)cc6)C(=O)C5(c5ccccc5)C(c5ccc(OCCO)cc5)C3=CC4)c(=O)n(C)c2cc1OC. The number of carbonyl (C=O) groups excluding carboxylic acids is 2. The summed E-state index contributed by atoms with van der Waals surface area (Å²) in [6.45, 7) is 1.73. The van der Waals surface area contributed by atoms with Crippen LogP contribution in [0.25, 0.3) is 11.0 Å². The van der Waals surface area contributed by atoms with E-state index < -0.39 is 46.5 Å². The van der Waals surface area contributed by atoms with E-state index in [0.717, 1.165) is 15.1 Å². The van der Waals surface area contributed by atoms with E-state index in [1.54, 1.807) is 43.4 Å². The maximum atomic E-state index is 15.4. The topological polar surface area (TPSA) is 181 Å². The third-order valence-electron chi connectivity index (χ3n) is 12.5. The van der Waals surface area contributed by atoms with Gasteiger partial charge in [0.2, 0.25) is 0 Å². The number of hydrogen-bond donors (Lipinski definition) is 2. The molecule has 0 bridgehead atoms. The number of hydrogen-bond acceptors (Lipinski definition) is 11. The summed E-state index contributed by atoms with van der Waals surface area (Å²) in [6.07, 6.45) is 1.90. The van der Waals surface area contributed by atoms with Crippen LogP contribution in [0.2, 0.25) is 0 Å². The van der Waals surface area contributed by atoms with Crippen LogP contribution in [0.4, 0.5) is 5.69 Å². The highest BCUT2D eigenvalue weighted by Crippen LogP contribution is 2.61. The molecule has 16 heteroatoms. The second-order valence-corrected chi connectivity index (χ2v) is 15.8. The Labute approximate surface area is 354 Å². The molecule has 2 aromatic heterocycles. The zero-order chi connectivity index (χ0) is 43.4. The molecule has 1 saturated heterocycles. The minimum absolute atomic E-state index is 0.0156. The van der Waals surface area contributed by atoms with Crippen LogP contribution in [0, 0.1) is 12.8 Å². The molecule has 4 atom stereocenters. The molecule has 1 saturated carbocycles. The highest BCUT2D eigenvalue weighted by Gasteiger charge is 2.68. The summed E-state index contributed by atoms with van der Waals surface area (Å²) < 4.78 is 21.9. The molecule has 0 spiro atoms. The summed E-state index contributed by atoms with van der Waals surface area (Å²) >= 11 is 0. The van der Waals surface area contributed by atoms with E-state index in [-0.39, 0.29) is 50.4 Å². The maximum absolute atomic E-state index is 15.4. The summed E-state index contributed by atoms with van der Waals surface area (Å²) in [7, 11) is 4.62. The van der Waals surface area contributed by atoms with E-state index >= 15 is 4.79 Å². The molecule has 2 amide bonds. The molecule has 4 aromatic carbocycles. The van der Waals surface area contributed by atoms with Crippen molar-refractivity contribution in [3.63, 3.8) is 0 Å². The average Bonchev–Trinajstić information content (AvgIpc) is 3.66. The Morgan fingerprint density at radius 2 is 1.60 bits per heavy atom. The molecule has 4 heterocycles. The average molecular weight is 840 g/mol. The largest absolute Gasteiger partial charge is 0.493 e. The van der Waals surface area contributed by atoms with Crippen molar-refractivity contribution in [3.05, 3.63) is 156 Å². The molecular weight excluding hydrogens is 795 g/mol. The van der Waals surface area contributed by atoms with Gasteiger partial charge in [0.1, 0.15) is 18.1 Å². The number of aryl methyl sites for hydroxylation is 3. The summed E-state index contributed by atoms with van der Waals surface area (Å²) in [5.41, 5.74) is 4.81. The first-order chi connectivity index (χ1) is 30.0. The van der Waals surface area contributed by atoms with Crippen molar-refractivity contribution in [1.82, 2.24) is 28.5 Å². The van der Waals surface area contributed by atoms with Crippen LogP contribution in [-0.4, -0.2) is 72.8 Å². The molecule has 1 aliphatic carbocycles. The van der Waals surface area contributed by atoms with Crippen molar-refractivity contribution in [2.45, 2.75) is 50.2 Å². The van der Waals surface area contributed by atoms with Gasteiger partial charge in [-0.3, -0.25) is 19.8 Å². The van der Waals surface area contributed by atoms with Crippen molar-refractivity contribution < 1.29 is 28.9 Å². The van der Waals surface area contributed by atoms with Gasteiger partial charge >= 0.3 is 11.4 Å². The predicted octanol–water partition coefficient (Wildman–Crippen LogP) is 3.62. The van der Waals surface area contributed by atoms with Crippen LogP contribution in [0.3, 0.4) is 0 Å². The number of aromatic nitrogens is 5. The van der Waals surface area contributed by atoms with Gasteiger partial charge in [0.05, 0.1) is 61.5 Å². The number of rotatable bonds is 12. The fraction of sp³-hybridized carbons (Fsp3) is 0.304. The van der Waals surface area contributed by atoms with Crippen LogP contribution < -0.4 is 36.6 Å². The molecule has 16 nitrogen and oxygen atoms in total. The van der Waals surface area contributed by atoms with Crippen molar-refractivity contribution in [2.24, 2.45) is 13.0 Å². The Morgan fingerprint density at radius 1 is 0.887 bits per heavy atom. The first kappa shape index (κ1) is 40.2. The first-order valence-electron chi connectivity index (χ1n) is 20.4. The number of fused-ring (bicyclic) bond motifs is 5. The van der Waals surface area contributed by atoms with Gasteiger partial charge < -0.3 is 23.9 Å². The van der Waals surface area contributed by atoms with Crippen molar-refractivity contribution in [1.29, 1.82) is 0 Å².